The molecule has 0 aliphatic heterocycles. The minimum atomic E-state index is -0.359. The maximum Gasteiger partial charge on any atom is 0.407 e. The predicted octanol–water partition coefficient (Wildman–Crippen LogP) is 2.27. The van der Waals surface area contributed by atoms with Crippen molar-refractivity contribution >= 4 is 12.1 Å². The van der Waals surface area contributed by atoms with Crippen LogP contribution in [-0.2, 0) is 14.3 Å². The maximum absolute atomic E-state index is 10.6. The van der Waals surface area contributed by atoms with E-state index in [9.17, 15) is 9.59 Å². The van der Waals surface area contributed by atoms with Crippen molar-refractivity contribution in [3.63, 3.8) is 0 Å². The van der Waals surface area contributed by atoms with Gasteiger partial charge in [0.25, 0.3) is 0 Å². The molecule has 1 N–H and O–H groups in total. The van der Waals surface area contributed by atoms with Gasteiger partial charge in [0.15, 0.2) is 0 Å². The first-order valence-electron chi connectivity index (χ1n) is 5.82. The van der Waals surface area contributed by atoms with E-state index in [1.807, 2.05) is 0 Å². The highest BCUT2D eigenvalue weighted by Gasteiger charge is 1.95. The predicted molar refractivity (Wildman–Crippen MR) is 66.8 cm³/mol. The van der Waals surface area contributed by atoms with Crippen molar-refractivity contribution < 1.29 is 19.1 Å². The zero-order valence-corrected chi connectivity index (χ0v) is 11.0. The normalized spacial score (nSPS) is 8.41. The van der Waals surface area contributed by atoms with Gasteiger partial charge in [-0.3, -0.25) is 0 Å². The number of ether oxygens (including phenoxy) is 2. The fourth-order valence-electron chi connectivity index (χ4n) is 0.751. The summed E-state index contributed by atoms with van der Waals surface area (Å²) in [5.74, 6) is -0.359. The number of rotatable bonds is 6. The third-order valence-corrected chi connectivity index (χ3v) is 1.53. The van der Waals surface area contributed by atoms with Gasteiger partial charge in [-0.1, -0.05) is 19.9 Å². The van der Waals surface area contributed by atoms with E-state index >= 15 is 0 Å². The van der Waals surface area contributed by atoms with Gasteiger partial charge in [-0.15, -0.1) is 0 Å². The Hall–Kier alpha value is -1.52. The molecule has 0 radical (unpaired) electrons. The van der Waals surface area contributed by atoms with Crippen LogP contribution < -0.4 is 5.32 Å². The van der Waals surface area contributed by atoms with Crippen molar-refractivity contribution in [1.29, 1.82) is 0 Å². The van der Waals surface area contributed by atoms with Crippen LogP contribution >= 0.6 is 0 Å². The van der Waals surface area contributed by atoms with Crippen molar-refractivity contribution in [2.45, 2.75) is 33.6 Å². The SMILES string of the molecule is C=CC(=O)OCC.CCCCNC(=O)OCC. The number of alkyl carbamates (subject to hydrolysis) is 1. The van der Waals surface area contributed by atoms with Crippen LogP contribution in [0.3, 0.4) is 0 Å². The molecule has 0 bridgehead atoms. The molecule has 0 spiro atoms. The van der Waals surface area contributed by atoms with Gasteiger partial charge in [0.2, 0.25) is 0 Å². The highest BCUT2D eigenvalue weighted by molar-refractivity contribution is 5.81. The standard InChI is InChI=1S/C7H15NO2.C5H8O2/c1-3-5-6-8-7(9)10-4-2;1-3-5(6)7-4-2/h3-6H2,1-2H3,(H,8,9);3H,1,4H2,2H3. The summed E-state index contributed by atoms with van der Waals surface area (Å²) >= 11 is 0. The molecule has 0 saturated heterocycles. The van der Waals surface area contributed by atoms with E-state index in [4.69, 9.17) is 0 Å². The lowest BCUT2D eigenvalue weighted by molar-refractivity contribution is -0.137. The Morgan fingerprint density at radius 2 is 1.76 bits per heavy atom. The minimum absolute atomic E-state index is 0.309. The number of hydrogen-bond acceptors (Lipinski definition) is 4. The van der Waals surface area contributed by atoms with Gasteiger partial charge < -0.3 is 14.8 Å². The van der Waals surface area contributed by atoms with Crippen LogP contribution in [0.4, 0.5) is 4.79 Å². The number of carbonyl (C=O) groups excluding carboxylic acids is 2. The Morgan fingerprint density at radius 3 is 2.12 bits per heavy atom. The molecule has 0 unspecified atom stereocenters. The summed E-state index contributed by atoms with van der Waals surface area (Å²) in [7, 11) is 0. The van der Waals surface area contributed by atoms with E-state index in [-0.39, 0.29) is 12.1 Å². The molecule has 5 nitrogen and oxygen atoms in total. The smallest absolute Gasteiger partial charge is 0.407 e. The van der Waals surface area contributed by atoms with Gasteiger partial charge in [-0.2, -0.15) is 0 Å². The van der Waals surface area contributed by atoms with Crippen molar-refractivity contribution in [2.75, 3.05) is 19.8 Å². The lowest BCUT2D eigenvalue weighted by Crippen LogP contribution is -2.24. The van der Waals surface area contributed by atoms with E-state index < -0.39 is 0 Å². The van der Waals surface area contributed by atoms with E-state index in [2.05, 4.69) is 28.3 Å². The first-order valence-corrected chi connectivity index (χ1v) is 5.82. The van der Waals surface area contributed by atoms with E-state index in [0.29, 0.717) is 13.2 Å². The third kappa shape index (κ3) is 17.1. The van der Waals surface area contributed by atoms with Crippen LogP contribution in [-0.4, -0.2) is 31.8 Å². The first kappa shape index (κ1) is 17.9. The number of carbonyl (C=O) groups is 2. The molecule has 0 fully saturated rings. The van der Waals surface area contributed by atoms with Crippen LogP contribution in [0.25, 0.3) is 0 Å². The third-order valence-electron chi connectivity index (χ3n) is 1.53. The van der Waals surface area contributed by atoms with Gasteiger partial charge >= 0.3 is 12.1 Å². The fourth-order valence-corrected chi connectivity index (χ4v) is 0.751. The maximum atomic E-state index is 10.6. The van der Waals surface area contributed by atoms with Crippen molar-refractivity contribution in [3.8, 4) is 0 Å². The lowest BCUT2D eigenvalue weighted by atomic mass is 10.3. The molecular weight excluding hydrogens is 222 g/mol. The molecule has 0 aromatic heterocycles. The topological polar surface area (TPSA) is 64.6 Å². The molecule has 0 atom stereocenters. The number of hydrogen-bond donors (Lipinski definition) is 1. The summed E-state index contributed by atoms with van der Waals surface area (Å²) in [6.45, 7) is 10.4. The molecule has 1 amide bonds. The number of unbranched alkanes of at least 4 members (excludes halogenated alkanes) is 1. The molecule has 100 valence electrons. The average molecular weight is 245 g/mol. The molecular formula is C12H23NO4. The van der Waals surface area contributed by atoms with Crippen LogP contribution in [0.1, 0.15) is 33.6 Å². The van der Waals surface area contributed by atoms with Gasteiger partial charge in [-0.25, -0.2) is 9.59 Å². The quantitative estimate of drug-likeness (QED) is 0.443. The molecule has 0 aliphatic carbocycles. The molecule has 0 aromatic carbocycles. The van der Waals surface area contributed by atoms with Crippen molar-refractivity contribution in [3.05, 3.63) is 12.7 Å². The Labute approximate surface area is 103 Å². The van der Waals surface area contributed by atoms with E-state index in [1.165, 1.54) is 0 Å². The number of amides is 1. The van der Waals surface area contributed by atoms with Gasteiger partial charge in [0.05, 0.1) is 13.2 Å². The molecule has 0 heterocycles. The molecule has 0 aromatic rings. The summed E-state index contributed by atoms with van der Waals surface area (Å²) in [4.78, 5) is 20.7. The highest BCUT2D eigenvalue weighted by atomic mass is 16.5. The second-order valence-electron chi connectivity index (χ2n) is 2.96. The Bertz CT molecular complexity index is 217. The molecule has 5 heteroatoms. The minimum Gasteiger partial charge on any atom is -0.463 e. The van der Waals surface area contributed by atoms with Gasteiger partial charge in [0.1, 0.15) is 0 Å². The Morgan fingerprint density at radius 1 is 1.18 bits per heavy atom. The van der Waals surface area contributed by atoms with E-state index in [0.717, 1.165) is 25.5 Å². The van der Waals surface area contributed by atoms with E-state index in [1.54, 1.807) is 13.8 Å². The van der Waals surface area contributed by atoms with Crippen LogP contribution in [0.5, 0.6) is 0 Å². The highest BCUT2D eigenvalue weighted by Crippen LogP contribution is 1.83. The van der Waals surface area contributed by atoms with Crippen LogP contribution in [0.15, 0.2) is 12.7 Å². The zero-order chi connectivity index (χ0) is 13.5. The van der Waals surface area contributed by atoms with Gasteiger partial charge in [0, 0.05) is 12.6 Å². The second kappa shape index (κ2) is 14.5. The van der Waals surface area contributed by atoms with Crippen LogP contribution in [0.2, 0.25) is 0 Å². The zero-order valence-electron chi connectivity index (χ0n) is 11.0. The second-order valence-corrected chi connectivity index (χ2v) is 2.96. The fraction of sp³-hybridized carbons (Fsp3) is 0.667. The Balaban J connectivity index is 0. The van der Waals surface area contributed by atoms with Gasteiger partial charge in [-0.05, 0) is 20.3 Å². The number of nitrogens with one attached hydrogen (secondary N) is 1. The van der Waals surface area contributed by atoms with Crippen molar-refractivity contribution in [2.24, 2.45) is 0 Å². The summed E-state index contributed by atoms with van der Waals surface area (Å²) in [6.07, 6.45) is 2.94. The summed E-state index contributed by atoms with van der Waals surface area (Å²) < 4.78 is 9.07. The summed E-state index contributed by atoms with van der Waals surface area (Å²) in [5.41, 5.74) is 0. The molecule has 0 rings (SSSR count). The summed E-state index contributed by atoms with van der Waals surface area (Å²) in [5, 5.41) is 2.62. The molecule has 0 saturated carbocycles. The lowest BCUT2D eigenvalue weighted by Gasteiger charge is -2.02. The first-order chi connectivity index (χ1) is 8.12. The van der Waals surface area contributed by atoms with Crippen molar-refractivity contribution in [1.82, 2.24) is 5.32 Å². The number of esters is 1. The molecule has 17 heavy (non-hydrogen) atoms. The van der Waals surface area contributed by atoms with Crippen LogP contribution in [0, 0.1) is 0 Å². The summed E-state index contributed by atoms with van der Waals surface area (Å²) in [6, 6.07) is 0. The molecule has 0 aliphatic rings. The average Bonchev–Trinajstić information content (AvgIpc) is 2.31. The monoisotopic (exact) mass is 245 g/mol. The Kier molecular flexibility index (Phi) is 15.2. The largest absolute Gasteiger partial charge is 0.463 e.